The van der Waals surface area contributed by atoms with E-state index in [1.54, 1.807) is 36.4 Å². The Kier molecular flexibility index (Phi) is 5.50. The van der Waals surface area contributed by atoms with E-state index in [0.717, 1.165) is 5.82 Å². The van der Waals surface area contributed by atoms with E-state index < -0.39 is 0 Å². The minimum Gasteiger partial charge on any atom is -0.352 e. The molecule has 0 saturated carbocycles. The topological polar surface area (TPSA) is 98.7 Å². The predicted molar refractivity (Wildman–Crippen MR) is 107 cm³/mol. The van der Waals surface area contributed by atoms with Gasteiger partial charge in [0.1, 0.15) is 0 Å². The molecule has 2 fully saturated rings. The molecule has 2 aliphatic heterocycles. The highest BCUT2D eigenvalue weighted by Gasteiger charge is 2.25. The van der Waals surface area contributed by atoms with Crippen molar-refractivity contribution in [3.8, 4) is 0 Å². The van der Waals surface area contributed by atoms with Gasteiger partial charge in [-0.25, -0.2) is 9.97 Å². The minimum atomic E-state index is -0.112. The summed E-state index contributed by atoms with van der Waals surface area (Å²) in [4.78, 5) is 40.5. The summed E-state index contributed by atoms with van der Waals surface area (Å²) in [5.74, 6) is 1.40. The zero-order chi connectivity index (χ0) is 20.2. The number of carbonyl (C=O) groups is 2. The molecule has 2 amide bonds. The molecule has 2 aliphatic rings. The van der Waals surface area contributed by atoms with Crippen molar-refractivity contribution >= 4 is 23.6 Å². The van der Waals surface area contributed by atoms with Crippen molar-refractivity contribution in [1.82, 2.24) is 30.0 Å². The van der Waals surface area contributed by atoms with Crippen molar-refractivity contribution in [2.45, 2.75) is 6.92 Å². The first-order chi connectivity index (χ1) is 14.1. The van der Waals surface area contributed by atoms with Gasteiger partial charge in [0.05, 0.1) is 0 Å². The van der Waals surface area contributed by atoms with Crippen LogP contribution in [0.4, 0.5) is 11.8 Å². The van der Waals surface area contributed by atoms with Gasteiger partial charge >= 0.3 is 0 Å². The van der Waals surface area contributed by atoms with Crippen LogP contribution in [0.15, 0.2) is 30.6 Å². The fraction of sp³-hybridized carbons (Fsp3) is 0.474. The smallest absolute Gasteiger partial charge is 0.274 e. The molecule has 0 N–H and O–H groups in total. The number of rotatable bonds is 3. The fourth-order valence-electron chi connectivity index (χ4n) is 3.58. The molecule has 10 heteroatoms. The molecule has 0 spiro atoms. The second kappa shape index (κ2) is 8.38. The van der Waals surface area contributed by atoms with Gasteiger partial charge in [-0.15, -0.1) is 10.2 Å². The molecular formula is C19H24N8O2. The van der Waals surface area contributed by atoms with Gasteiger partial charge in [0.15, 0.2) is 11.5 Å². The van der Waals surface area contributed by atoms with Crippen LogP contribution in [0.5, 0.6) is 0 Å². The van der Waals surface area contributed by atoms with Crippen molar-refractivity contribution in [2.24, 2.45) is 0 Å². The fourth-order valence-corrected chi connectivity index (χ4v) is 3.58. The first-order valence-electron chi connectivity index (χ1n) is 9.77. The highest BCUT2D eigenvalue weighted by Crippen LogP contribution is 2.15. The Morgan fingerprint density at radius 1 is 0.793 bits per heavy atom. The molecular weight excluding hydrogens is 372 g/mol. The van der Waals surface area contributed by atoms with Gasteiger partial charge in [0.25, 0.3) is 5.91 Å². The molecule has 2 aromatic rings. The van der Waals surface area contributed by atoms with Crippen LogP contribution >= 0.6 is 0 Å². The Balaban J connectivity index is 1.32. The summed E-state index contributed by atoms with van der Waals surface area (Å²) in [5.41, 5.74) is 0.348. The highest BCUT2D eigenvalue weighted by atomic mass is 16.2. The summed E-state index contributed by atoms with van der Waals surface area (Å²) in [6.07, 6.45) is 3.44. The first-order valence-corrected chi connectivity index (χ1v) is 9.77. The Bertz CT molecular complexity index is 844. The predicted octanol–water partition coefficient (Wildman–Crippen LogP) is -0.102. The van der Waals surface area contributed by atoms with Gasteiger partial charge in [-0.3, -0.25) is 9.59 Å². The van der Waals surface area contributed by atoms with E-state index in [4.69, 9.17) is 0 Å². The molecule has 29 heavy (non-hydrogen) atoms. The Labute approximate surface area is 169 Å². The lowest BCUT2D eigenvalue weighted by atomic mass is 10.2. The number of anilines is 2. The third-order valence-electron chi connectivity index (χ3n) is 5.32. The second-order valence-electron chi connectivity index (χ2n) is 7.10. The Morgan fingerprint density at radius 3 is 2.00 bits per heavy atom. The number of nitrogens with zero attached hydrogens (tertiary/aromatic N) is 8. The number of hydrogen-bond acceptors (Lipinski definition) is 8. The Morgan fingerprint density at radius 2 is 1.41 bits per heavy atom. The van der Waals surface area contributed by atoms with Crippen molar-refractivity contribution in [2.75, 3.05) is 62.2 Å². The molecule has 2 aromatic heterocycles. The molecule has 0 unspecified atom stereocenters. The van der Waals surface area contributed by atoms with Gasteiger partial charge in [-0.1, -0.05) is 0 Å². The van der Waals surface area contributed by atoms with Crippen LogP contribution in [0.1, 0.15) is 17.4 Å². The van der Waals surface area contributed by atoms with E-state index >= 15 is 0 Å². The van der Waals surface area contributed by atoms with E-state index in [0.29, 0.717) is 64.0 Å². The van der Waals surface area contributed by atoms with Crippen molar-refractivity contribution < 1.29 is 9.59 Å². The van der Waals surface area contributed by atoms with Crippen molar-refractivity contribution in [3.63, 3.8) is 0 Å². The summed E-state index contributed by atoms with van der Waals surface area (Å²) >= 11 is 0. The number of carbonyl (C=O) groups excluding carboxylic acids is 2. The van der Waals surface area contributed by atoms with Crippen LogP contribution in [0.2, 0.25) is 0 Å². The maximum absolute atomic E-state index is 12.8. The van der Waals surface area contributed by atoms with Crippen molar-refractivity contribution in [1.29, 1.82) is 0 Å². The second-order valence-corrected chi connectivity index (χ2v) is 7.10. The number of piperazine rings is 2. The number of hydrogen-bond donors (Lipinski definition) is 0. The van der Waals surface area contributed by atoms with Crippen LogP contribution < -0.4 is 9.80 Å². The van der Waals surface area contributed by atoms with Gasteiger partial charge < -0.3 is 19.6 Å². The van der Waals surface area contributed by atoms with Crippen LogP contribution in [0, 0.1) is 0 Å². The zero-order valence-electron chi connectivity index (χ0n) is 16.4. The zero-order valence-corrected chi connectivity index (χ0v) is 16.4. The largest absolute Gasteiger partial charge is 0.352 e. The van der Waals surface area contributed by atoms with Crippen molar-refractivity contribution in [3.05, 3.63) is 36.3 Å². The molecule has 0 aliphatic carbocycles. The van der Waals surface area contributed by atoms with E-state index in [-0.39, 0.29) is 11.8 Å². The number of amides is 2. The molecule has 0 bridgehead atoms. The standard InChI is InChI=1S/C19H24N8O2/c1-15(28)24-7-9-25(10-8-24)17-4-3-16(22-23-17)18(29)26-11-13-27(14-12-26)19-20-5-2-6-21-19/h2-6H,7-14H2,1H3. The van der Waals surface area contributed by atoms with E-state index in [1.165, 1.54) is 0 Å². The molecule has 2 saturated heterocycles. The molecule has 4 heterocycles. The maximum atomic E-state index is 12.8. The van der Waals surface area contributed by atoms with E-state index in [1.807, 2.05) is 11.0 Å². The lowest BCUT2D eigenvalue weighted by Crippen LogP contribution is -2.49. The average molecular weight is 396 g/mol. The average Bonchev–Trinajstić information content (AvgIpc) is 2.79. The summed E-state index contributed by atoms with van der Waals surface area (Å²) in [6.45, 7) is 6.91. The monoisotopic (exact) mass is 396 g/mol. The third-order valence-corrected chi connectivity index (χ3v) is 5.32. The van der Waals surface area contributed by atoms with Crippen LogP contribution in [-0.4, -0.2) is 94.1 Å². The molecule has 0 aromatic carbocycles. The van der Waals surface area contributed by atoms with E-state index in [9.17, 15) is 9.59 Å². The molecule has 4 rings (SSSR count). The normalized spacial score (nSPS) is 17.4. The molecule has 0 radical (unpaired) electrons. The minimum absolute atomic E-state index is 0.0932. The summed E-state index contributed by atoms with van der Waals surface area (Å²) in [5, 5.41) is 8.40. The van der Waals surface area contributed by atoms with Crippen LogP contribution in [0.25, 0.3) is 0 Å². The van der Waals surface area contributed by atoms with Gasteiger partial charge in [0, 0.05) is 71.7 Å². The highest BCUT2D eigenvalue weighted by molar-refractivity contribution is 5.92. The molecule has 152 valence electrons. The molecule has 10 nitrogen and oxygen atoms in total. The quantitative estimate of drug-likeness (QED) is 0.709. The summed E-state index contributed by atoms with van der Waals surface area (Å²) in [6, 6.07) is 5.35. The first kappa shape index (κ1) is 19.0. The number of aromatic nitrogens is 4. The van der Waals surface area contributed by atoms with Crippen LogP contribution in [-0.2, 0) is 4.79 Å². The van der Waals surface area contributed by atoms with Crippen LogP contribution in [0.3, 0.4) is 0 Å². The Hall–Kier alpha value is -3.30. The van der Waals surface area contributed by atoms with Gasteiger partial charge in [-0.2, -0.15) is 0 Å². The lowest BCUT2D eigenvalue weighted by Gasteiger charge is -2.35. The molecule has 0 atom stereocenters. The lowest BCUT2D eigenvalue weighted by molar-refractivity contribution is -0.129. The third kappa shape index (κ3) is 4.25. The van der Waals surface area contributed by atoms with Gasteiger partial charge in [-0.05, 0) is 18.2 Å². The SMILES string of the molecule is CC(=O)N1CCN(c2ccc(C(=O)N3CCN(c4ncccn4)CC3)nn2)CC1. The van der Waals surface area contributed by atoms with Gasteiger partial charge in [0.2, 0.25) is 11.9 Å². The van der Waals surface area contributed by atoms with E-state index in [2.05, 4.69) is 30.0 Å². The maximum Gasteiger partial charge on any atom is 0.274 e. The summed E-state index contributed by atoms with van der Waals surface area (Å²) < 4.78 is 0. The summed E-state index contributed by atoms with van der Waals surface area (Å²) in [7, 11) is 0.